The Hall–Kier alpha value is -0.770. The number of nitrogens with one attached hydrogen (secondary N) is 1. The maximum Gasteiger partial charge on any atom is 0.189 e. The molecule has 0 bridgehead atoms. The van der Waals surface area contributed by atoms with E-state index in [-0.39, 0.29) is 0 Å². The van der Waals surface area contributed by atoms with E-state index in [1.165, 1.54) is 18.4 Å². The largest absolute Gasteiger partial charge is 0.467 e. The fourth-order valence-electron chi connectivity index (χ4n) is 2.62. The summed E-state index contributed by atoms with van der Waals surface area (Å²) in [6.45, 7) is 2.00. The van der Waals surface area contributed by atoms with Gasteiger partial charge in [0.1, 0.15) is 5.75 Å². The predicted octanol–water partition coefficient (Wildman–Crippen LogP) is 3.02. The smallest absolute Gasteiger partial charge is 0.189 e. The normalized spacial score (nSPS) is 23.9. The number of hydrogen-bond acceptors (Lipinski definition) is 3. The topological polar surface area (TPSA) is 30.5 Å². The van der Waals surface area contributed by atoms with Crippen molar-refractivity contribution in [3.63, 3.8) is 0 Å². The highest BCUT2D eigenvalue weighted by molar-refractivity contribution is 6.31. The number of piperidine rings is 1. The zero-order chi connectivity index (χ0) is 11.7. The first kappa shape index (κ1) is 11.3. The summed E-state index contributed by atoms with van der Waals surface area (Å²) in [5, 5.41) is 4.35. The average molecular weight is 254 g/mol. The molecule has 0 saturated carbocycles. The first-order valence-corrected chi connectivity index (χ1v) is 6.49. The van der Waals surface area contributed by atoms with Crippen molar-refractivity contribution < 1.29 is 9.47 Å². The molecule has 0 aliphatic carbocycles. The molecule has 92 valence electrons. The second-order valence-electron chi connectivity index (χ2n) is 4.55. The van der Waals surface area contributed by atoms with Crippen LogP contribution in [0, 0.1) is 0 Å². The van der Waals surface area contributed by atoms with Crippen LogP contribution < -0.4 is 10.1 Å². The van der Waals surface area contributed by atoms with E-state index in [2.05, 4.69) is 5.32 Å². The Morgan fingerprint density at radius 3 is 3.06 bits per heavy atom. The minimum Gasteiger partial charge on any atom is -0.467 e. The molecule has 1 fully saturated rings. The molecule has 1 saturated heterocycles. The van der Waals surface area contributed by atoms with Gasteiger partial charge in [-0.05, 0) is 37.1 Å². The first-order chi connectivity index (χ1) is 8.36. The van der Waals surface area contributed by atoms with Gasteiger partial charge in [-0.15, -0.1) is 0 Å². The third-order valence-corrected chi connectivity index (χ3v) is 3.79. The molecule has 4 heteroatoms. The van der Waals surface area contributed by atoms with Crippen molar-refractivity contribution in [1.82, 2.24) is 5.32 Å². The molecule has 0 radical (unpaired) electrons. The molecule has 1 aromatic rings. The monoisotopic (exact) mass is 253 g/mol. The number of hydrogen-bond donors (Lipinski definition) is 1. The van der Waals surface area contributed by atoms with Gasteiger partial charge in [0.2, 0.25) is 0 Å². The van der Waals surface area contributed by atoms with Crippen molar-refractivity contribution in [3.8, 4) is 5.75 Å². The maximum absolute atomic E-state index is 6.34. The van der Waals surface area contributed by atoms with Gasteiger partial charge >= 0.3 is 0 Å². The summed E-state index contributed by atoms with van der Waals surface area (Å²) in [7, 11) is 0. The minimum absolute atomic E-state index is 0.339. The second-order valence-corrected chi connectivity index (χ2v) is 4.96. The summed E-state index contributed by atoms with van der Waals surface area (Å²) >= 11 is 6.34. The summed E-state index contributed by atoms with van der Waals surface area (Å²) in [5.74, 6) is 0.919. The van der Waals surface area contributed by atoms with Gasteiger partial charge in [-0.2, -0.15) is 0 Å². The van der Waals surface area contributed by atoms with Gasteiger partial charge in [0, 0.05) is 16.6 Å². The van der Waals surface area contributed by atoms with Crippen LogP contribution in [0.25, 0.3) is 0 Å². The Morgan fingerprint density at radius 2 is 2.24 bits per heavy atom. The zero-order valence-corrected chi connectivity index (χ0v) is 10.4. The van der Waals surface area contributed by atoms with Crippen molar-refractivity contribution in [2.45, 2.75) is 31.9 Å². The highest BCUT2D eigenvalue weighted by Gasteiger charge is 2.24. The van der Waals surface area contributed by atoms with Gasteiger partial charge < -0.3 is 14.8 Å². The van der Waals surface area contributed by atoms with E-state index in [1.54, 1.807) is 0 Å². The molecule has 3 nitrogen and oxygen atoms in total. The molecule has 1 unspecified atom stereocenters. The summed E-state index contributed by atoms with van der Waals surface area (Å²) in [6, 6.07) is 4.21. The lowest BCUT2D eigenvalue weighted by molar-refractivity contribution is -0.0171. The van der Waals surface area contributed by atoms with Crippen molar-refractivity contribution in [2.24, 2.45) is 0 Å². The summed E-state index contributed by atoms with van der Waals surface area (Å²) in [6.07, 6.45) is 3.63. The Balaban J connectivity index is 2.01. The van der Waals surface area contributed by atoms with Crippen molar-refractivity contribution >= 4 is 11.6 Å². The standard InChI is InChI=1S/C13H16ClNO2/c14-10-4-5-12-9(7-16-8-17-12)13(10)11-3-1-2-6-15-11/h4-5,11,15H,1-3,6-8H2. The van der Waals surface area contributed by atoms with Crippen LogP contribution in [0.5, 0.6) is 5.75 Å². The van der Waals surface area contributed by atoms with E-state index in [4.69, 9.17) is 21.1 Å². The van der Waals surface area contributed by atoms with Crippen LogP contribution in [0.15, 0.2) is 12.1 Å². The lowest BCUT2D eigenvalue weighted by Gasteiger charge is -2.29. The molecule has 17 heavy (non-hydrogen) atoms. The van der Waals surface area contributed by atoms with Gasteiger partial charge in [-0.25, -0.2) is 0 Å². The van der Waals surface area contributed by atoms with Crippen LogP contribution in [0.1, 0.15) is 36.4 Å². The Morgan fingerprint density at radius 1 is 1.29 bits per heavy atom. The zero-order valence-electron chi connectivity index (χ0n) is 9.67. The molecule has 1 atom stereocenters. The number of halogens is 1. The molecule has 2 heterocycles. The molecule has 0 spiro atoms. The average Bonchev–Trinajstić information content (AvgIpc) is 2.39. The summed E-state index contributed by atoms with van der Waals surface area (Å²) < 4.78 is 10.9. The van der Waals surface area contributed by atoms with Gasteiger partial charge in [0.25, 0.3) is 0 Å². The molecule has 1 N–H and O–H groups in total. The Labute approximate surface area is 106 Å². The quantitative estimate of drug-likeness (QED) is 0.835. The van der Waals surface area contributed by atoms with E-state index < -0.39 is 0 Å². The van der Waals surface area contributed by atoms with E-state index in [0.29, 0.717) is 19.4 Å². The van der Waals surface area contributed by atoms with Gasteiger partial charge in [-0.3, -0.25) is 0 Å². The first-order valence-electron chi connectivity index (χ1n) is 6.11. The van der Waals surface area contributed by atoms with Crippen LogP contribution in [-0.4, -0.2) is 13.3 Å². The highest BCUT2D eigenvalue weighted by atomic mass is 35.5. The van der Waals surface area contributed by atoms with Crippen LogP contribution in [0.3, 0.4) is 0 Å². The minimum atomic E-state index is 0.339. The maximum atomic E-state index is 6.34. The van der Waals surface area contributed by atoms with Gasteiger partial charge in [0.15, 0.2) is 6.79 Å². The van der Waals surface area contributed by atoms with E-state index in [1.807, 2.05) is 12.1 Å². The van der Waals surface area contributed by atoms with Gasteiger partial charge in [-0.1, -0.05) is 18.0 Å². The third kappa shape index (κ3) is 2.15. The lowest BCUT2D eigenvalue weighted by Crippen LogP contribution is -2.28. The number of rotatable bonds is 1. The van der Waals surface area contributed by atoms with E-state index in [0.717, 1.165) is 29.3 Å². The fourth-order valence-corrected chi connectivity index (χ4v) is 2.93. The Bertz CT molecular complexity index is 416. The molecule has 1 aromatic carbocycles. The summed E-state index contributed by atoms with van der Waals surface area (Å²) in [5.41, 5.74) is 2.28. The number of fused-ring (bicyclic) bond motifs is 1. The SMILES string of the molecule is Clc1ccc2c(c1C1CCCCN1)COCO2. The molecular formula is C13H16ClNO2. The molecule has 2 aliphatic rings. The van der Waals surface area contributed by atoms with E-state index >= 15 is 0 Å². The van der Waals surface area contributed by atoms with Crippen LogP contribution in [0.2, 0.25) is 5.02 Å². The molecule has 2 aliphatic heterocycles. The fraction of sp³-hybridized carbons (Fsp3) is 0.538. The predicted molar refractivity (Wildman–Crippen MR) is 66.3 cm³/mol. The van der Waals surface area contributed by atoms with Crippen LogP contribution in [0.4, 0.5) is 0 Å². The van der Waals surface area contributed by atoms with E-state index in [9.17, 15) is 0 Å². The second kappa shape index (κ2) is 4.84. The van der Waals surface area contributed by atoms with Crippen molar-refractivity contribution in [3.05, 3.63) is 28.3 Å². The highest BCUT2D eigenvalue weighted by Crippen LogP contribution is 2.38. The summed E-state index contributed by atoms with van der Waals surface area (Å²) in [4.78, 5) is 0. The number of benzene rings is 1. The number of ether oxygens (including phenoxy) is 2. The van der Waals surface area contributed by atoms with Gasteiger partial charge in [0.05, 0.1) is 6.61 Å². The lowest BCUT2D eigenvalue weighted by atomic mass is 9.93. The molecular weight excluding hydrogens is 238 g/mol. The molecule has 0 aromatic heterocycles. The van der Waals surface area contributed by atoms with Crippen LogP contribution in [-0.2, 0) is 11.3 Å². The van der Waals surface area contributed by atoms with Crippen LogP contribution >= 0.6 is 11.6 Å². The molecule has 3 rings (SSSR count). The van der Waals surface area contributed by atoms with Crippen molar-refractivity contribution in [1.29, 1.82) is 0 Å². The van der Waals surface area contributed by atoms with Crippen molar-refractivity contribution in [2.75, 3.05) is 13.3 Å². The third-order valence-electron chi connectivity index (χ3n) is 3.46. The molecule has 0 amide bonds. The Kier molecular flexibility index (Phi) is 3.23.